The lowest BCUT2D eigenvalue weighted by atomic mass is 10.1. The van der Waals surface area contributed by atoms with Crippen molar-refractivity contribution in [2.75, 3.05) is 6.54 Å². The van der Waals surface area contributed by atoms with Crippen LogP contribution in [0.1, 0.15) is 38.2 Å². The summed E-state index contributed by atoms with van der Waals surface area (Å²) in [4.78, 5) is 0. The summed E-state index contributed by atoms with van der Waals surface area (Å²) in [6.07, 6.45) is 9.77. The van der Waals surface area contributed by atoms with E-state index in [1.54, 1.807) is 0 Å². The fourth-order valence-electron chi connectivity index (χ4n) is 2.32. The Morgan fingerprint density at radius 2 is 2.27 bits per heavy atom. The first-order valence-corrected chi connectivity index (χ1v) is 6.10. The Hall–Kier alpha value is -0.830. The molecule has 0 aliphatic heterocycles. The summed E-state index contributed by atoms with van der Waals surface area (Å²) < 4.78 is 2.11. The monoisotopic (exact) mass is 207 g/mol. The van der Waals surface area contributed by atoms with Gasteiger partial charge in [0.2, 0.25) is 0 Å². The van der Waals surface area contributed by atoms with Crippen LogP contribution in [0.5, 0.6) is 0 Å². The van der Waals surface area contributed by atoms with Crippen molar-refractivity contribution < 1.29 is 0 Å². The largest absolute Gasteiger partial charge is 0.313 e. The molecule has 0 amide bonds. The number of hydrogen-bond acceptors (Lipinski definition) is 2. The minimum atomic E-state index is 0.872. The van der Waals surface area contributed by atoms with Crippen LogP contribution in [-0.2, 0) is 13.1 Å². The van der Waals surface area contributed by atoms with Gasteiger partial charge in [-0.15, -0.1) is 0 Å². The molecule has 1 N–H and O–H groups in total. The maximum absolute atomic E-state index is 4.41. The van der Waals surface area contributed by atoms with Crippen LogP contribution in [0.15, 0.2) is 12.4 Å². The highest BCUT2D eigenvalue weighted by Gasteiger charge is 2.15. The van der Waals surface area contributed by atoms with Gasteiger partial charge in [0.1, 0.15) is 0 Å². The zero-order chi connectivity index (χ0) is 10.5. The summed E-state index contributed by atoms with van der Waals surface area (Å²) in [5, 5.41) is 7.73. The molecule has 15 heavy (non-hydrogen) atoms. The fourth-order valence-corrected chi connectivity index (χ4v) is 2.32. The Labute approximate surface area is 91.9 Å². The van der Waals surface area contributed by atoms with E-state index in [1.165, 1.54) is 31.2 Å². The molecule has 0 unspecified atom stereocenters. The summed E-state index contributed by atoms with van der Waals surface area (Å²) in [5.41, 5.74) is 1.30. The second-order valence-electron chi connectivity index (χ2n) is 4.50. The molecule has 1 fully saturated rings. The highest BCUT2D eigenvalue weighted by molar-refractivity contribution is 5.03. The van der Waals surface area contributed by atoms with Crippen molar-refractivity contribution in [3.8, 4) is 0 Å². The first-order chi connectivity index (χ1) is 7.38. The average Bonchev–Trinajstić information content (AvgIpc) is 2.87. The Morgan fingerprint density at radius 1 is 1.47 bits per heavy atom. The second kappa shape index (κ2) is 5.31. The third-order valence-electron chi connectivity index (χ3n) is 3.19. The van der Waals surface area contributed by atoms with Gasteiger partial charge in [-0.05, 0) is 25.3 Å². The van der Waals surface area contributed by atoms with Gasteiger partial charge in [0, 0.05) is 24.8 Å². The smallest absolute Gasteiger partial charge is 0.0534 e. The fraction of sp³-hybridized carbons (Fsp3) is 0.750. The summed E-state index contributed by atoms with van der Waals surface area (Å²) in [5.74, 6) is 0.872. The zero-order valence-electron chi connectivity index (χ0n) is 9.58. The molecule has 1 aliphatic rings. The van der Waals surface area contributed by atoms with E-state index in [9.17, 15) is 0 Å². The molecule has 3 nitrogen and oxygen atoms in total. The molecule has 84 valence electrons. The van der Waals surface area contributed by atoms with Gasteiger partial charge in [-0.2, -0.15) is 5.10 Å². The average molecular weight is 207 g/mol. The summed E-state index contributed by atoms with van der Waals surface area (Å²) in [6, 6.07) is 0. The van der Waals surface area contributed by atoms with Crippen LogP contribution in [0.3, 0.4) is 0 Å². The van der Waals surface area contributed by atoms with Crippen molar-refractivity contribution in [1.82, 2.24) is 15.1 Å². The normalized spacial score (nSPS) is 17.4. The van der Waals surface area contributed by atoms with Gasteiger partial charge < -0.3 is 5.32 Å². The minimum absolute atomic E-state index is 0.872. The van der Waals surface area contributed by atoms with Gasteiger partial charge in [0.25, 0.3) is 0 Å². The summed E-state index contributed by atoms with van der Waals surface area (Å²) in [7, 11) is 0. The predicted molar refractivity (Wildman–Crippen MR) is 61.6 cm³/mol. The molecule has 0 aromatic carbocycles. The molecule has 0 saturated heterocycles. The number of rotatable bonds is 5. The van der Waals surface area contributed by atoms with Gasteiger partial charge >= 0.3 is 0 Å². The number of aromatic nitrogens is 2. The molecular weight excluding hydrogens is 186 g/mol. The highest BCUT2D eigenvalue weighted by Crippen LogP contribution is 2.25. The van der Waals surface area contributed by atoms with Gasteiger partial charge in [-0.25, -0.2) is 0 Å². The van der Waals surface area contributed by atoms with Crippen molar-refractivity contribution in [2.45, 2.75) is 45.7 Å². The SMILES string of the molecule is CCNCc1cnn(CC2CCCC2)c1. The molecule has 2 rings (SSSR count). The van der Waals surface area contributed by atoms with Crippen molar-refractivity contribution >= 4 is 0 Å². The Morgan fingerprint density at radius 3 is 3.00 bits per heavy atom. The molecule has 0 spiro atoms. The molecule has 1 heterocycles. The number of hydrogen-bond donors (Lipinski definition) is 1. The lowest BCUT2D eigenvalue weighted by Gasteiger charge is -2.07. The van der Waals surface area contributed by atoms with Crippen molar-refractivity contribution in [2.24, 2.45) is 5.92 Å². The number of nitrogens with zero attached hydrogens (tertiary/aromatic N) is 2. The van der Waals surface area contributed by atoms with Crippen LogP contribution >= 0.6 is 0 Å². The van der Waals surface area contributed by atoms with Gasteiger partial charge in [-0.1, -0.05) is 19.8 Å². The van der Waals surface area contributed by atoms with Crippen molar-refractivity contribution in [3.05, 3.63) is 18.0 Å². The summed E-state index contributed by atoms with van der Waals surface area (Å²) in [6.45, 7) is 5.21. The third kappa shape index (κ3) is 3.06. The van der Waals surface area contributed by atoms with E-state index in [4.69, 9.17) is 0 Å². The van der Waals surface area contributed by atoms with Gasteiger partial charge in [0.15, 0.2) is 0 Å². The molecule has 1 aliphatic carbocycles. The van der Waals surface area contributed by atoms with Gasteiger partial charge in [0.05, 0.1) is 6.20 Å². The Kier molecular flexibility index (Phi) is 3.78. The first-order valence-electron chi connectivity index (χ1n) is 6.10. The molecule has 0 atom stereocenters. The summed E-state index contributed by atoms with van der Waals surface area (Å²) >= 11 is 0. The molecular formula is C12H21N3. The lowest BCUT2D eigenvalue weighted by molar-refractivity contribution is 0.429. The van der Waals surface area contributed by atoms with E-state index in [1.807, 2.05) is 6.20 Å². The van der Waals surface area contributed by atoms with E-state index in [0.717, 1.165) is 25.6 Å². The van der Waals surface area contributed by atoms with Crippen molar-refractivity contribution in [1.29, 1.82) is 0 Å². The van der Waals surface area contributed by atoms with E-state index in [0.29, 0.717) is 0 Å². The third-order valence-corrected chi connectivity index (χ3v) is 3.19. The van der Waals surface area contributed by atoms with E-state index >= 15 is 0 Å². The Bertz CT molecular complexity index is 287. The topological polar surface area (TPSA) is 29.9 Å². The van der Waals surface area contributed by atoms with Crippen molar-refractivity contribution in [3.63, 3.8) is 0 Å². The van der Waals surface area contributed by atoms with Crippen LogP contribution in [-0.4, -0.2) is 16.3 Å². The minimum Gasteiger partial charge on any atom is -0.313 e. The van der Waals surface area contributed by atoms with Crippen LogP contribution in [0.4, 0.5) is 0 Å². The van der Waals surface area contributed by atoms with Crippen LogP contribution < -0.4 is 5.32 Å². The number of nitrogens with one attached hydrogen (secondary N) is 1. The van der Waals surface area contributed by atoms with E-state index in [2.05, 4.69) is 28.2 Å². The Balaban J connectivity index is 1.83. The zero-order valence-corrected chi connectivity index (χ0v) is 9.58. The standard InChI is InChI=1S/C12H21N3/c1-2-13-7-12-8-14-15(10-12)9-11-5-3-4-6-11/h8,10-11,13H,2-7,9H2,1H3. The maximum atomic E-state index is 4.41. The quantitative estimate of drug-likeness (QED) is 0.802. The maximum Gasteiger partial charge on any atom is 0.0534 e. The molecule has 1 aromatic heterocycles. The lowest BCUT2D eigenvalue weighted by Crippen LogP contribution is -2.11. The predicted octanol–water partition coefficient (Wildman–Crippen LogP) is 2.18. The van der Waals surface area contributed by atoms with E-state index in [-0.39, 0.29) is 0 Å². The van der Waals surface area contributed by atoms with Crippen LogP contribution in [0.25, 0.3) is 0 Å². The molecule has 1 saturated carbocycles. The molecule has 1 aromatic rings. The highest BCUT2D eigenvalue weighted by atomic mass is 15.3. The molecule has 3 heteroatoms. The molecule has 0 bridgehead atoms. The first kappa shape index (κ1) is 10.7. The van der Waals surface area contributed by atoms with E-state index < -0.39 is 0 Å². The van der Waals surface area contributed by atoms with Gasteiger partial charge in [-0.3, -0.25) is 4.68 Å². The molecule has 0 radical (unpaired) electrons. The van der Waals surface area contributed by atoms with Crippen LogP contribution in [0, 0.1) is 5.92 Å². The van der Waals surface area contributed by atoms with Crippen LogP contribution in [0.2, 0.25) is 0 Å². The second-order valence-corrected chi connectivity index (χ2v) is 4.50.